The zero-order valence-corrected chi connectivity index (χ0v) is 14.1. The predicted octanol–water partition coefficient (Wildman–Crippen LogP) is 3.51. The molecule has 0 atom stereocenters. The first-order valence-electron chi connectivity index (χ1n) is 8.35. The standard InChI is InChI=1S/C19H14N6O2/c26-18-13-5-4-12(8-11(13)10-27-18)22-19-20-7-6-17(24-19)23-15-2-1-3-16-14(15)9-21-25-16/h1-9H,10H2,(H,21,25)(H2,20,22,23,24). The molecule has 27 heavy (non-hydrogen) atoms. The van der Waals surface area contributed by atoms with Crippen LogP contribution in [-0.2, 0) is 11.3 Å². The van der Waals surface area contributed by atoms with Gasteiger partial charge in [0.05, 0.1) is 23.0 Å². The van der Waals surface area contributed by atoms with Gasteiger partial charge in [0, 0.05) is 22.8 Å². The van der Waals surface area contributed by atoms with Crippen molar-refractivity contribution < 1.29 is 9.53 Å². The number of rotatable bonds is 4. The van der Waals surface area contributed by atoms with Gasteiger partial charge in [0.15, 0.2) is 0 Å². The van der Waals surface area contributed by atoms with Crippen LogP contribution in [0.5, 0.6) is 0 Å². The number of esters is 1. The molecule has 5 rings (SSSR count). The van der Waals surface area contributed by atoms with Gasteiger partial charge in [-0.05, 0) is 36.4 Å². The summed E-state index contributed by atoms with van der Waals surface area (Å²) in [6.07, 6.45) is 3.44. The number of nitrogens with zero attached hydrogens (tertiary/aromatic N) is 3. The number of anilines is 4. The third-order valence-electron chi connectivity index (χ3n) is 4.34. The number of cyclic esters (lactones) is 1. The molecule has 2 aromatic heterocycles. The lowest BCUT2D eigenvalue weighted by Gasteiger charge is -2.09. The number of benzene rings is 2. The van der Waals surface area contributed by atoms with Gasteiger partial charge in [-0.1, -0.05) is 6.07 Å². The number of aromatic amines is 1. The van der Waals surface area contributed by atoms with Crippen LogP contribution in [0.3, 0.4) is 0 Å². The highest BCUT2D eigenvalue weighted by Gasteiger charge is 2.21. The number of fused-ring (bicyclic) bond motifs is 2. The van der Waals surface area contributed by atoms with Gasteiger partial charge in [-0.2, -0.15) is 10.1 Å². The average molecular weight is 358 g/mol. The Balaban J connectivity index is 1.39. The van der Waals surface area contributed by atoms with Crippen molar-refractivity contribution in [2.75, 3.05) is 10.6 Å². The van der Waals surface area contributed by atoms with Crippen LogP contribution >= 0.6 is 0 Å². The molecule has 2 aromatic carbocycles. The Hall–Kier alpha value is -3.94. The van der Waals surface area contributed by atoms with Crippen LogP contribution in [0.4, 0.5) is 23.1 Å². The molecule has 1 aliphatic rings. The maximum Gasteiger partial charge on any atom is 0.338 e. The van der Waals surface area contributed by atoms with Crippen molar-refractivity contribution in [1.82, 2.24) is 20.2 Å². The molecule has 8 nitrogen and oxygen atoms in total. The minimum absolute atomic E-state index is 0.285. The number of hydrogen-bond acceptors (Lipinski definition) is 7. The van der Waals surface area contributed by atoms with Crippen molar-refractivity contribution in [3.63, 3.8) is 0 Å². The van der Waals surface area contributed by atoms with E-state index >= 15 is 0 Å². The van der Waals surface area contributed by atoms with Crippen LogP contribution < -0.4 is 10.6 Å². The molecule has 0 unspecified atom stereocenters. The molecule has 0 spiro atoms. The van der Waals surface area contributed by atoms with Crippen molar-refractivity contribution in [2.24, 2.45) is 0 Å². The quantitative estimate of drug-likeness (QED) is 0.479. The van der Waals surface area contributed by atoms with Crippen LogP contribution in [0.2, 0.25) is 0 Å². The van der Waals surface area contributed by atoms with Gasteiger partial charge in [0.25, 0.3) is 0 Å². The number of carbonyl (C=O) groups is 1. The van der Waals surface area contributed by atoms with Gasteiger partial charge >= 0.3 is 5.97 Å². The molecular weight excluding hydrogens is 344 g/mol. The molecule has 132 valence electrons. The summed E-state index contributed by atoms with van der Waals surface area (Å²) < 4.78 is 5.03. The lowest BCUT2D eigenvalue weighted by Crippen LogP contribution is -2.01. The number of carbonyl (C=O) groups excluding carboxylic acids is 1. The van der Waals surface area contributed by atoms with E-state index in [1.54, 1.807) is 30.6 Å². The zero-order valence-electron chi connectivity index (χ0n) is 14.1. The third kappa shape index (κ3) is 2.82. The topological polar surface area (TPSA) is 105 Å². The molecule has 8 heteroatoms. The molecule has 3 N–H and O–H groups in total. The number of hydrogen-bond donors (Lipinski definition) is 3. The summed E-state index contributed by atoms with van der Waals surface area (Å²) in [5.41, 5.74) is 4.10. The Morgan fingerprint density at radius 2 is 2.07 bits per heavy atom. The highest BCUT2D eigenvalue weighted by molar-refractivity contribution is 5.94. The van der Waals surface area contributed by atoms with Crippen molar-refractivity contribution in [3.8, 4) is 0 Å². The fourth-order valence-electron chi connectivity index (χ4n) is 3.04. The van der Waals surface area contributed by atoms with Crippen LogP contribution in [0.1, 0.15) is 15.9 Å². The van der Waals surface area contributed by atoms with E-state index in [0.717, 1.165) is 27.8 Å². The van der Waals surface area contributed by atoms with E-state index in [9.17, 15) is 4.79 Å². The minimum atomic E-state index is -0.285. The maximum absolute atomic E-state index is 11.5. The third-order valence-corrected chi connectivity index (χ3v) is 4.34. The summed E-state index contributed by atoms with van der Waals surface area (Å²) >= 11 is 0. The normalized spacial score (nSPS) is 12.7. The van der Waals surface area contributed by atoms with E-state index in [0.29, 0.717) is 23.9 Å². The molecule has 4 aromatic rings. The largest absolute Gasteiger partial charge is 0.457 e. The fourth-order valence-corrected chi connectivity index (χ4v) is 3.04. The van der Waals surface area contributed by atoms with Crippen LogP contribution in [0.25, 0.3) is 10.9 Å². The zero-order chi connectivity index (χ0) is 18.2. The summed E-state index contributed by atoms with van der Waals surface area (Å²) in [7, 11) is 0. The van der Waals surface area contributed by atoms with Crippen LogP contribution in [-0.4, -0.2) is 26.1 Å². The van der Waals surface area contributed by atoms with E-state index in [4.69, 9.17) is 4.74 Å². The molecular formula is C19H14N6O2. The molecule has 0 saturated heterocycles. The molecule has 0 radical (unpaired) electrons. The van der Waals surface area contributed by atoms with Gasteiger partial charge < -0.3 is 15.4 Å². The van der Waals surface area contributed by atoms with Gasteiger partial charge in [0.1, 0.15) is 12.4 Å². The van der Waals surface area contributed by atoms with Gasteiger partial charge in [-0.25, -0.2) is 9.78 Å². The Kier molecular flexibility index (Phi) is 3.46. The minimum Gasteiger partial charge on any atom is -0.457 e. The van der Waals surface area contributed by atoms with Gasteiger partial charge in [0.2, 0.25) is 5.95 Å². The highest BCUT2D eigenvalue weighted by atomic mass is 16.5. The summed E-state index contributed by atoms with van der Waals surface area (Å²) in [5, 5.41) is 14.4. The second-order valence-corrected chi connectivity index (χ2v) is 6.10. The van der Waals surface area contributed by atoms with E-state index in [1.165, 1.54) is 0 Å². The van der Waals surface area contributed by atoms with E-state index < -0.39 is 0 Å². The summed E-state index contributed by atoms with van der Waals surface area (Å²) in [4.78, 5) is 20.3. The van der Waals surface area contributed by atoms with Crippen molar-refractivity contribution in [2.45, 2.75) is 6.61 Å². The van der Waals surface area contributed by atoms with Crippen LogP contribution in [0.15, 0.2) is 54.9 Å². The molecule has 0 saturated carbocycles. The molecule has 1 aliphatic heterocycles. The molecule has 0 amide bonds. The summed E-state index contributed by atoms with van der Waals surface area (Å²) in [6.45, 7) is 0.293. The number of nitrogens with one attached hydrogen (secondary N) is 3. The van der Waals surface area contributed by atoms with Gasteiger partial charge in [-0.15, -0.1) is 0 Å². The van der Waals surface area contributed by atoms with E-state index in [1.807, 2.05) is 24.3 Å². The Labute approximate surface area is 153 Å². The number of ether oxygens (including phenoxy) is 1. The lowest BCUT2D eigenvalue weighted by atomic mass is 10.1. The average Bonchev–Trinajstić information content (AvgIpc) is 3.30. The predicted molar refractivity (Wildman–Crippen MR) is 100 cm³/mol. The van der Waals surface area contributed by atoms with Gasteiger partial charge in [-0.3, -0.25) is 5.10 Å². The lowest BCUT2D eigenvalue weighted by molar-refractivity contribution is 0.0535. The smallest absolute Gasteiger partial charge is 0.338 e. The monoisotopic (exact) mass is 358 g/mol. The summed E-state index contributed by atoms with van der Waals surface area (Å²) in [6, 6.07) is 13.1. The first-order chi connectivity index (χ1) is 13.3. The molecule has 0 fully saturated rings. The number of H-pyrrole nitrogens is 1. The maximum atomic E-state index is 11.5. The van der Waals surface area contributed by atoms with Crippen molar-refractivity contribution in [3.05, 3.63) is 66.0 Å². The Morgan fingerprint density at radius 1 is 1.11 bits per heavy atom. The highest BCUT2D eigenvalue weighted by Crippen LogP contribution is 2.26. The van der Waals surface area contributed by atoms with Crippen molar-refractivity contribution in [1.29, 1.82) is 0 Å². The number of aromatic nitrogens is 4. The first-order valence-corrected chi connectivity index (χ1v) is 8.35. The Morgan fingerprint density at radius 3 is 3.04 bits per heavy atom. The fraction of sp³-hybridized carbons (Fsp3) is 0.0526. The van der Waals surface area contributed by atoms with Crippen LogP contribution in [0, 0.1) is 0 Å². The Bertz CT molecular complexity index is 1170. The molecule has 0 aliphatic carbocycles. The van der Waals surface area contributed by atoms with E-state index in [2.05, 4.69) is 30.8 Å². The van der Waals surface area contributed by atoms with E-state index in [-0.39, 0.29) is 5.97 Å². The molecule has 0 bridgehead atoms. The summed E-state index contributed by atoms with van der Waals surface area (Å²) in [5.74, 6) is 0.817. The SMILES string of the molecule is O=C1OCc2cc(Nc3nccc(Nc4cccc5[nH]ncc45)n3)ccc21. The second-order valence-electron chi connectivity index (χ2n) is 6.10. The first kappa shape index (κ1) is 15.3. The molecule has 3 heterocycles. The second kappa shape index (κ2) is 6.10. The van der Waals surface area contributed by atoms with Crippen molar-refractivity contribution >= 4 is 40.0 Å².